The molecule has 0 radical (unpaired) electrons. The van der Waals surface area contributed by atoms with E-state index in [1.807, 2.05) is 50.4 Å². The average Bonchev–Trinajstić information content (AvgIpc) is 3.34. The molecule has 0 saturated carbocycles. The minimum Gasteiger partial charge on any atom is -0.379 e. The van der Waals surface area contributed by atoms with Crippen LogP contribution in [0.3, 0.4) is 0 Å². The first-order valence-corrected chi connectivity index (χ1v) is 14.1. The van der Waals surface area contributed by atoms with Gasteiger partial charge in [0.1, 0.15) is 12.4 Å². The lowest BCUT2D eigenvalue weighted by Crippen LogP contribution is -2.48. The van der Waals surface area contributed by atoms with E-state index in [2.05, 4.69) is 10.2 Å². The number of ether oxygens (including phenoxy) is 1. The molecule has 1 aliphatic rings. The van der Waals surface area contributed by atoms with Crippen molar-refractivity contribution in [1.29, 1.82) is 0 Å². The molecule has 4 rings (SSSR count). The number of carbonyl (C=O) groups is 2. The van der Waals surface area contributed by atoms with Crippen molar-refractivity contribution in [3.63, 3.8) is 0 Å². The highest BCUT2D eigenvalue weighted by molar-refractivity contribution is 7.10. The lowest BCUT2D eigenvalue weighted by molar-refractivity contribution is -0.133. The van der Waals surface area contributed by atoms with E-state index in [9.17, 15) is 14.0 Å². The number of morpholine rings is 1. The molecule has 1 N–H and O–H groups in total. The topological polar surface area (TPSA) is 65.1 Å². The van der Waals surface area contributed by atoms with E-state index in [4.69, 9.17) is 4.74 Å². The number of amides is 3. The van der Waals surface area contributed by atoms with Crippen LogP contribution in [0.1, 0.15) is 27.1 Å². The van der Waals surface area contributed by atoms with Gasteiger partial charge in [-0.25, -0.2) is 9.18 Å². The smallest absolute Gasteiger partial charge is 0.322 e. The van der Waals surface area contributed by atoms with E-state index in [-0.39, 0.29) is 24.3 Å². The van der Waals surface area contributed by atoms with Crippen LogP contribution in [0.4, 0.5) is 14.9 Å². The summed E-state index contributed by atoms with van der Waals surface area (Å²) in [7, 11) is 0. The Labute approximate surface area is 234 Å². The van der Waals surface area contributed by atoms with E-state index >= 15 is 0 Å². The molecule has 1 saturated heterocycles. The summed E-state index contributed by atoms with van der Waals surface area (Å²) >= 11 is 1.60. The van der Waals surface area contributed by atoms with Crippen LogP contribution in [0.5, 0.6) is 0 Å². The van der Waals surface area contributed by atoms with Gasteiger partial charge in [-0.05, 0) is 78.7 Å². The fourth-order valence-corrected chi connectivity index (χ4v) is 5.33. The molecule has 39 heavy (non-hydrogen) atoms. The van der Waals surface area contributed by atoms with Crippen LogP contribution in [0.25, 0.3) is 0 Å². The second-order valence-electron chi connectivity index (χ2n) is 10.0. The number of anilines is 1. The number of hydrogen-bond acceptors (Lipinski definition) is 5. The first kappa shape index (κ1) is 28.7. The first-order valence-electron chi connectivity index (χ1n) is 13.3. The molecule has 3 amide bonds. The molecule has 2 heterocycles. The number of halogens is 1. The number of hydrogen-bond donors (Lipinski definition) is 1. The summed E-state index contributed by atoms with van der Waals surface area (Å²) in [6, 6.07) is 13.7. The van der Waals surface area contributed by atoms with Crippen LogP contribution in [0.15, 0.2) is 53.9 Å². The highest BCUT2D eigenvalue weighted by Crippen LogP contribution is 2.20. The molecule has 1 fully saturated rings. The number of nitrogens with one attached hydrogen (secondary N) is 1. The maximum atomic E-state index is 13.8. The van der Waals surface area contributed by atoms with Gasteiger partial charge in [-0.3, -0.25) is 9.69 Å². The Hall–Kier alpha value is -3.27. The molecule has 1 aromatic heterocycles. The maximum absolute atomic E-state index is 13.8. The molecule has 9 heteroatoms. The third-order valence-electron chi connectivity index (χ3n) is 7.10. The van der Waals surface area contributed by atoms with Crippen molar-refractivity contribution >= 4 is 29.0 Å². The summed E-state index contributed by atoms with van der Waals surface area (Å²) in [5.74, 6) is -0.479. The van der Waals surface area contributed by atoms with Gasteiger partial charge in [-0.15, -0.1) is 11.3 Å². The Balaban J connectivity index is 1.52. The number of rotatable bonds is 10. The third-order valence-corrected chi connectivity index (χ3v) is 8.11. The predicted octanol–water partition coefficient (Wildman–Crippen LogP) is 5.21. The number of nitrogens with zero attached hydrogens (tertiary/aromatic N) is 3. The molecule has 2 aromatic carbocycles. The van der Waals surface area contributed by atoms with E-state index in [0.29, 0.717) is 45.1 Å². The highest BCUT2D eigenvalue weighted by atomic mass is 32.1. The SMILES string of the molecule is Cc1ccc(NC(=O)N(CCN2CCOCC2)CC(=O)N(Cc2ccc(F)cc2)Cc2sccc2C)cc1C. The number of benzene rings is 2. The normalized spacial score (nSPS) is 13.7. The van der Waals surface area contributed by atoms with Gasteiger partial charge >= 0.3 is 6.03 Å². The zero-order chi connectivity index (χ0) is 27.8. The minimum atomic E-state index is -0.317. The van der Waals surface area contributed by atoms with Crippen molar-refractivity contribution in [2.24, 2.45) is 0 Å². The van der Waals surface area contributed by atoms with E-state index in [0.717, 1.165) is 40.2 Å². The Bertz CT molecular complexity index is 1260. The number of urea groups is 1. The largest absolute Gasteiger partial charge is 0.379 e. The number of carbonyl (C=O) groups excluding carboxylic acids is 2. The summed E-state index contributed by atoms with van der Waals surface area (Å²) in [6.45, 7) is 10.7. The van der Waals surface area contributed by atoms with Crippen molar-refractivity contribution in [3.05, 3.63) is 86.9 Å². The fourth-order valence-electron chi connectivity index (χ4n) is 4.41. The number of thiophene rings is 1. The molecular formula is C30H37FN4O3S. The van der Waals surface area contributed by atoms with Gasteiger partial charge in [-0.2, -0.15) is 0 Å². The molecule has 7 nitrogen and oxygen atoms in total. The van der Waals surface area contributed by atoms with Gasteiger partial charge in [0.15, 0.2) is 0 Å². The summed E-state index contributed by atoms with van der Waals surface area (Å²) in [4.78, 5) is 33.9. The lowest BCUT2D eigenvalue weighted by atomic mass is 10.1. The van der Waals surface area contributed by atoms with Crippen LogP contribution in [0.2, 0.25) is 0 Å². The van der Waals surface area contributed by atoms with Crippen LogP contribution in [-0.4, -0.2) is 72.6 Å². The second kappa shape index (κ2) is 13.7. The molecule has 208 valence electrons. The van der Waals surface area contributed by atoms with Crippen molar-refractivity contribution in [3.8, 4) is 0 Å². The standard InChI is InChI=1S/C30H37FN4O3S/c1-22-4-9-27(18-24(22)3)32-30(37)34(12-11-33-13-15-38-16-14-33)21-29(36)35(20-28-23(2)10-17-39-28)19-25-5-7-26(31)8-6-25/h4-10,17-18H,11-16,19-21H2,1-3H3,(H,32,37). The summed E-state index contributed by atoms with van der Waals surface area (Å²) in [5, 5.41) is 5.00. The minimum absolute atomic E-state index is 0.0629. The molecule has 0 spiro atoms. The molecule has 0 bridgehead atoms. The highest BCUT2D eigenvalue weighted by Gasteiger charge is 2.24. The first-order chi connectivity index (χ1) is 18.8. The summed E-state index contributed by atoms with van der Waals surface area (Å²) in [5.41, 5.74) is 4.88. The summed E-state index contributed by atoms with van der Waals surface area (Å²) in [6.07, 6.45) is 0. The van der Waals surface area contributed by atoms with Crippen molar-refractivity contribution in [2.75, 3.05) is 51.3 Å². The average molecular weight is 553 g/mol. The fraction of sp³-hybridized carbons (Fsp3) is 0.400. The monoisotopic (exact) mass is 552 g/mol. The Kier molecular flexibility index (Phi) is 10.1. The van der Waals surface area contributed by atoms with Gasteiger partial charge in [0.05, 0.1) is 19.8 Å². The van der Waals surface area contributed by atoms with Crippen molar-refractivity contribution < 1.29 is 18.7 Å². The summed E-state index contributed by atoms with van der Waals surface area (Å²) < 4.78 is 19.0. The van der Waals surface area contributed by atoms with Gasteiger partial charge < -0.3 is 19.9 Å². The maximum Gasteiger partial charge on any atom is 0.322 e. The molecule has 0 unspecified atom stereocenters. The quantitative estimate of drug-likeness (QED) is 0.375. The molecule has 1 aliphatic heterocycles. The Morgan fingerprint density at radius 1 is 0.949 bits per heavy atom. The van der Waals surface area contributed by atoms with E-state index < -0.39 is 0 Å². The number of aryl methyl sites for hydroxylation is 3. The Morgan fingerprint density at radius 3 is 2.36 bits per heavy atom. The Morgan fingerprint density at radius 2 is 1.69 bits per heavy atom. The molecule has 0 atom stereocenters. The van der Waals surface area contributed by atoms with Crippen LogP contribution in [-0.2, 0) is 22.6 Å². The van der Waals surface area contributed by atoms with Gasteiger partial charge in [0, 0.05) is 43.3 Å². The van der Waals surface area contributed by atoms with E-state index in [1.165, 1.54) is 12.1 Å². The van der Waals surface area contributed by atoms with Gasteiger partial charge in [0.2, 0.25) is 5.91 Å². The molecule has 0 aliphatic carbocycles. The second-order valence-corrected chi connectivity index (χ2v) is 11.0. The van der Waals surface area contributed by atoms with Crippen molar-refractivity contribution in [2.45, 2.75) is 33.9 Å². The van der Waals surface area contributed by atoms with Gasteiger partial charge in [-0.1, -0.05) is 18.2 Å². The lowest BCUT2D eigenvalue weighted by Gasteiger charge is -2.31. The van der Waals surface area contributed by atoms with Crippen molar-refractivity contribution in [1.82, 2.24) is 14.7 Å². The molecular weight excluding hydrogens is 515 g/mol. The van der Waals surface area contributed by atoms with Gasteiger partial charge in [0.25, 0.3) is 0 Å². The van der Waals surface area contributed by atoms with Crippen LogP contribution in [0, 0.1) is 26.6 Å². The predicted molar refractivity (Wildman–Crippen MR) is 153 cm³/mol. The third kappa shape index (κ3) is 8.36. The van der Waals surface area contributed by atoms with E-state index in [1.54, 1.807) is 33.3 Å². The zero-order valence-corrected chi connectivity index (χ0v) is 23.7. The zero-order valence-electron chi connectivity index (χ0n) is 22.9. The van der Waals surface area contributed by atoms with Crippen LogP contribution < -0.4 is 5.32 Å². The molecule has 3 aromatic rings. The van der Waals surface area contributed by atoms with Crippen LogP contribution >= 0.6 is 11.3 Å².